The number of likely N-dealkylation sites (N-methyl/N-ethyl adjacent to an activating group) is 1. The van der Waals surface area contributed by atoms with Gasteiger partial charge in [-0.1, -0.05) is 13.3 Å². The van der Waals surface area contributed by atoms with Crippen LogP contribution in [0.4, 0.5) is 4.79 Å². The van der Waals surface area contributed by atoms with Crippen molar-refractivity contribution in [2.45, 2.75) is 26.7 Å². The Labute approximate surface area is 112 Å². The highest BCUT2D eigenvalue weighted by molar-refractivity contribution is 5.81. The number of hydrogen-bond donors (Lipinski definition) is 2. The lowest BCUT2D eigenvalue weighted by Gasteiger charge is -2.21. The molecule has 0 heterocycles. The van der Waals surface area contributed by atoms with E-state index < -0.39 is 23.9 Å². The number of methoxy groups -OCH3 is 1. The number of carboxylic acids is 1. The number of urea groups is 1. The third-order valence-corrected chi connectivity index (χ3v) is 2.70. The van der Waals surface area contributed by atoms with Crippen LogP contribution < -0.4 is 5.32 Å². The zero-order chi connectivity index (χ0) is 14.8. The molecule has 7 heteroatoms. The molecule has 0 aromatic heterocycles. The third kappa shape index (κ3) is 6.64. The van der Waals surface area contributed by atoms with Crippen molar-refractivity contribution < 1.29 is 24.2 Å². The molecule has 7 nitrogen and oxygen atoms in total. The fourth-order valence-electron chi connectivity index (χ4n) is 1.53. The summed E-state index contributed by atoms with van der Waals surface area (Å²) in [5, 5.41) is 11.5. The van der Waals surface area contributed by atoms with E-state index in [1.165, 1.54) is 12.0 Å². The zero-order valence-corrected chi connectivity index (χ0v) is 11.6. The molecule has 1 atom stereocenters. The molecule has 0 aliphatic rings. The maximum Gasteiger partial charge on any atom is 0.325 e. The Morgan fingerprint density at radius 1 is 1.32 bits per heavy atom. The monoisotopic (exact) mass is 274 g/mol. The van der Waals surface area contributed by atoms with Gasteiger partial charge in [-0.25, -0.2) is 4.79 Å². The normalized spacial score (nSPS) is 11.5. The minimum atomic E-state index is -0.932. The number of ether oxygens (including phenoxy) is 1. The average molecular weight is 274 g/mol. The topological polar surface area (TPSA) is 95.9 Å². The van der Waals surface area contributed by atoms with Crippen LogP contribution >= 0.6 is 0 Å². The molecule has 0 saturated heterocycles. The number of rotatable bonds is 8. The predicted octanol–water partition coefficient (Wildman–Crippen LogP) is 0.692. The second-order valence-electron chi connectivity index (χ2n) is 4.10. The van der Waals surface area contributed by atoms with Gasteiger partial charge >= 0.3 is 18.0 Å². The van der Waals surface area contributed by atoms with Crippen LogP contribution in [0.5, 0.6) is 0 Å². The Bertz CT molecular complexity index is 319. The Balaban J connectivity index is 4.32. The molecular weight excluding hydrogens is 252 g/mol. The molecule has 1 unspecified atom stereocenters. The second kappa shape index (κ2) is 9.18. The number of carboxylic acid groups (broad SMARTS) is 1. The molecular formula is C12H22N2O5. The molecule has 0 aromatic carbocycles. The summed E-state index contributed by atoms with van der Waals surface area (Å²) in [5.41, 5.74) is 0. The number of aliphatic carboxylic acids is 1. The standard InChI is InChI=1S/C12H22N2O5/c1-4-6-9(11(16)17)7-13-12(18)14(5-2)8-10(15)19-3/h9H,4-8H2,1-3H3,(H,13,18)(H,16,17). The van der Waals surface area contributed by atoms with E-state index in [9.17, 15) is 14.4 Å². The van der Waals surface area contributed by atoms with Gasteiger partial charge in [-0.3, -0.25) is 9.59 Å². The summed E-state index contributed by atoms with van der Waals surface area (Å²) in [4.78, 5) is 35.1. The molecule has 2 N–H and O–H groups in total. The van der Waals surface area contributed by atoms with E-state index in [1.54, 1.807) is 6.92 Å². The maximum absolute atomic E-state index is 11.8. The second-order valence-corrected chi connectivity index (χ2v) is 4.10. The van der Waals surface area contributed by atoms with Crippen molar-refractivity contribution >= 4 is 18.0 Å². The first-order valence-corrected chi connectivity index (χ1v) is 6.28. The van der Waals surface area contributed by atoms with Gasteiger partial charge in [0.05, 0.1) is 13.0 Å². The van der Waals surface area contributed by atoms with Crippen molar-refractivity contribution in [2.24, 2.45) is 5.92 Å². The van der Waals surface area contributed by atoms with Crippen molar-refractivity contribution in [3.05, 3.63) is 0 Å². The highest BCUT2D eigenvalue weighted by Gasteiger charge is 2.20. The average Bonchev–Trinajstić information content (AvgIpc) is 2.39. The Morgan fingerprint density at radius 2 is 1.95 bits per heavy atom. The number of nitrogens with zero attached hydrogens (tertiary/aromatic N) is 1. The molecule has 19 heavy (non-hydrogen) atoms. The minimum Gasteiger partial charge on any atom is -0.481 e. The van der Waals surface area contributed by atoms with Gasteiger partial charge in [0.2, 0.25) is 0 Å². The summed E-state index contributed by atoms with van der Waals surface area (Å²) < 4.78 is 4.48. The van der Waals surface area contributed by atoms with Gasteiger partial charge in [-0.15, -0.1) is 0 Å². The van der Waals surface area contributed by atoms with Crippen molar-refractivity contribution in [2.75, 3.05) is 26.7 Å². The van der Waals surface area contributed by atoms with Gasteiger partial charge in [0.15, 0.2) is 0 Å². The molecule has 0 saturated carbocycles. The first kappa shape index (κ1) is 17.2. The molecule has 110 valence electrons. The lowest BCUT2D eigenvalue weighted by atomic mass is 10.0. The van der Waals surface area contributed by atoms with Crippen molar-refractivity contribution in [3.63, 3.8) is 0 Å². The van der Waals surface area contributed by atoms with Crippen molar-refractivity contribution in [1.29, 1.82) is 0 Å². The largest absolute Gasteiger partial charge is 0.481 e. The van der Waals surface area contributed by atoms with Gasteiger partial charge in [-0.05, 0) is 13.3 Å². The van der Waals surface area contributed by atoms with Crippen LogP contribution in [0, 0.1) is 5.92 Å². The summed E-state index contributed by atoms with van der Waals surface area (Å²) in [6, 6.07) is -0.463. The number of carbonyl (C=O) groups is 3. The summed E-state index contributed by atoms with van der Waals surface area (Å²) in [5.74, 6) is -2.05. The third-order valence-electron chi connectivity index (χ3n) is 2.70. The van der Waals surface area contributed by atoms with Crippen LogP contribution in [0.15, 0.2) is 0 Å². The van der Waals surface area contributed by atoms with E-state index in [-0.39, 0.29) is 13.1 Å². The van der Waals surface area contributed by atoms with E-state index in [1.807, 2.05) is 6.92 Å². The van der Waals surface area contributed by atoms with E-state index in [0.29, 0.717) is 13.0 Å². The Kier molecular flexibility index (Phi) is 8.32. The lowest BCUT2D eigenvalue weighted by molar-refractivity contribution is -0.142. The molecule has 0 aliphatic heterocycles. The maximum atomic E-state index is 11.8. The SMILES string of the molecule is CCCC(CNC(=O)N(CC)CC(=O)OC)C(=O)O. The Morgan fingerprint density at radius 3 is 2.37 bits per heavy atom. The van der Waals surface area contributed by atoms with Crippen LogP contribution in [0.1, 0.15) is 26.7 Å². The summed E-state index contributed by atoms with van der Waals surface area (Å²) >= 11 is 0. The highest BCUT2D eigenvalue weighted by Crippen LogP contribution is 2.05. The van der Waals surface area contributed by atoms with Crippen LogP contribution in [0.2, 0.25) is 0 Å². The predicted molar refractivity (Wildman–Crippen MR) is 68.7 cm³/mol. The van der Waals surface area contributed by atoms with E-state index in [2.05, 4.69) is 10.1 Å². The number of nitrogens with one attached hydrogen (secondary N) is 1. The lowest BCUT2D eigenvalue weighted by Crippen LogP contribution is -2.45. The van der Waals surface area contributed by atoms with Gasteiger partial charge in [0.1, 0.15) is 6.54 Å². The summed E-state index contributed by atoms with van der Waals surface area (Å²) in [6.07, 6.45) is 1.23. The number of hydrogen-bond acceptors (Lipinski definition) is 4. The fraction of sp³-hybridized carbons (Fsp3) is 0.750. The molecule has 2 amide bonds. The molecule has 0 bridgehead atoms. The van der Waals surface area contributed by atoms with Crippen molar-refractivity contribution in [3.8, 4) is 0 Å². The first-order chi connectivity index (χ1) is 8.96. The zero-order valence-electron chi connectivity index (χ0n) is 11.6. The smallest absolute Gasteiger partial charge is 0.325 e. The van der Waals surface area contributed by atoms with Gasteiger partial charge < -0.3 is 20.1 Å². The van der Waals surface area contributed by atoms with Crippen LogP contribution in [0.25, 0.3) is 0 Å². The van der Waals surface area contributed by atoms with Crippen LogP contribution in [-0.4, -0.2) is 54.7 Å². The minimum absolute atomic E-state index is 0.0552. The molecule has 0 aliphatic carbocycles. The van der Waals surface area contributed by atoms with E-state index in [0.717, 1.165) is 6.42 Å². The molecule has 0 spiro atoms. The molecule has 0 fully saturated rings. The highest BCUT2D eigenvalue weighted by atomic mass is 16.5. The van der Waals surface area contributed by atoms with Crippen LogP contribution in [0.3, 0.4) is 0 Å². The molecule has 0 radical (unpaired) electrons. The first-order valence-electron chi connectivity index (χ1n) is 6.28. The Hall–Kier alpha value is -1.79. The van der Waals surface area contributed by atoms with Gasteiger partial charge in [0, 0.05) is 13.1 Å². The fourth-order valence-corrected chi connectivity index (χ4v) is 1.53. The number of carbonyl (C=O) groups excluding carboxylic acids is 2. The van der Waals surface area contributed by atoms with Crippen LogP contribution in [-0.2, 0) is 14.3 Å². The summed E-state index contributed by atoms with van der Waals surface area (Å²) in [6.45, 7) is 3.85. The van der Waals surface area contributed by atoms with E-state index in [4.69, 9.17) is 5.11 Å². The molecule has 0 aromatic rings. The summed E-state index contributed by atoms with van der Waals surface area (Å²) in [7, 11) is 1.25. The number of amides is 2. The van der Waals surface area contributed by atoms with Gasteiger partial charge in [0.25, 0.3) is 0 Å². The quantitative estimate of drug-likeness (QED) is 0.635. The van der Waals surface area contributed by atoms with E-state index >= 15 is 0 Å². The molecule has 0 rings (SSSR count). The van der Waals surface area contributed by atoms with Crippen molar-refractivity contribution in [1.82, 2.24) is 10.2 Å². The number of esters is 1. The van der Waals surface area contributed by atoms with Gasteiger partial charge in [-0.2, -0.15) is 0 Å².